The lowest BCUT2D eigenvalue weighted by Crippen LogP contribution is -2.37. The van der Waals surface area contributed by atoms with Crippen LogP contribution in [0.2, 0.25) is 5.28 Å². The molecule has 122 valence electrons. The van der Waals surface area contributed by atoms with Gasteiger partial charge < -0.3 is 19.7 Å². The molecule has 2 aromatic rings. The van der Waals surface area contributed by atoms with Gasteiger partial charge in [0.25, 0.3) is 0 Å². The first-order valence-corrected chi connectivity index (χ1v) is 7.86. The van der Waals surface area contributed by atoms with Gasteiger partial charge in [0.15, 0.2) is 0 Å². The van der Waals surface area contributed by atoms with Crippen molar-refractivity contribution in [1.29, 1.82) is 0 Å². The van der Waals surface area contributed by atoms with Crippen LogP contribution >= 0.6 is 11.6 Å². The lowest BCUT2D eigenvalue weighted by molar-refractivity contribution is 0.122. The van der Waals surface area contributed by atoms with Gasteiger partial charge in [-0.1, -0.05) is 0 Å². The molecular weight excluding hydrogens is 318 g/mol. The molecule has 1 N–H and O–H groups in total. The first-order chi connectivity index (χ1) is 11.2. The summed E-state index contributed by atoms with van der Waals surface area (Å²) in [6, 6.07) is 7.57. The summed E-state index contributed by atoms with van der Waals surface area (Å²) in [5.74, 6) is 1.79. The number of ether oxygens (including phenoxy) is 2. The molecule has 0 spiro atoms. The van der Waals surface area contributed by atoms with E-state index in [0.29, 0.717) is 31.7 Å². The van der Waals surface area contributed by atoms with Gasteiger partial charge in [-0.25, -0.2) is 0 Å². The highest BCUT2D eigenvalue weighted by molar-refractivity contribution is 6.28. The number of benzene rings is 1. The molecule has 0 radical (unpaired) electrons. The highest BCUT2D eigenvalue weighted by Crippen LogP contribution is 2.20. The van der Waals surface area contributed by atoms with E-state index in [1.54, 1.807) is 0 Å². The van der Waals surface area contributed by atoms with E-state index in [2.05, 4.69) is 20.3 Å². The van der Waals surface area contributed by atoms with E-state index in [-0.39, 0.29) is 5.28 Å². The summed E-state index contributed by atoms with van der Waals surface area (Å²) in [7, 11) is 0. The normalized spacial score (nSPS) is 14.6. The molecule has 0 bridgehead atoms. The number of morpholine rings is 1. The van der Waals surface area contributed by atoms with Crippen LogP contribution in [0.5, 0.6) is 5.75 Å². The fourth-order valence-corrected chi connectivity index (χ4v) is 2.39. The SMILES string of the molecule is CCOc1ccc(Nc2nc(Cl)nc(N3CCOCC3)n2)cc1. The number of anilines is 3. The van der Waals surface area contributed by atoms with Crippen LogP contribution < -0.4 is 15.0 Å². The summed E-state index contributed by atoms with van der Waals surface area (Å²) in [5, 5.41) is 3.30. The average Bonchev–Trinajstić information content (AvgIpc) is 2.57. The zero-order chi connectivity index (χ0) is 16.1. The van der Waals surface area contributed by atoms with Gasteiger partial charge in [0.1, 0.15) is 5.75 Å². The minimum Gasteiger partial charge on any atom is -0.494 e. The summed E-state index contributed by atoms with van der Waals surface area (Å²) in [5.41, 5.74) is 0.851. The molecule has 1 aromatic heterocycles. The third-order valence-corrected chi connectivity index (χ3v) is 3.48. The van der Waals surface area contributed by atoms with E-state index in [4.69, 9.17) is 21.1 Å². The lowest BCUT2D eigenvalue weighted by Gasteiger charge is -2.26. The monoisotopic (exact) mass is 335 g/mol. The third-order valence-electron chi connectivity index (χ3n) is 3.31. The smallest absolute Gasteiger partial charge is 0.233 e. The van der Waals surface area contributed by atoms with Crippen molar-refractivity contribution in [2.24, 2.45) is 0 Å². The minimum absolute atomic E-state index is 0.162. The Hall–Kier alpha value is -2.12. The van der Waals surface area contributed by atoms with Gasteiger partial charge in [-0.15, -0.1) is 0 Å². The molecule has 3 rings (SSSR count). The van der Waals surface area contributed by atoms with Gasteiger partial charge in [0.05, 0.1) is 19.8 Å². The standard InChI is InChI=1S/C15H18ClN5O2/c1-2-23-12-5-3-11(4-6-12)17-14-18-13(16)19-15(20-14)21-7-9-22-10-8-21/h3-6H,2,7-10H2,1H3,(H,17,18,19,20). The average molecular weight is 336 g/mol. The highest BCUT2D eigenvalue weighted by Gasteiger charge is 2.16. The van der Waals surface area contributed by atoms with Gasteiger partial charge in [-0.3, -0.25) is 0 Å². The third kappa shape index (κ3) is 4.20. The van der Waals surface area contributed by atoms with Crippen molar-refractivity contribution in [1.82, 2.24) is 15.0 Å². The van der Waals surface area contributed by atoms with Crippen molar-refractivity contribution in [2.45, 2.75) is 6.92 Å². The molecule has 0 saturated carbocycles. The number of hydrogen-bond acceptors (Lipinski definition) is 7. The van der Waals surface area contributed by atoms with Gasteiger partial charge in [0, 0.05) is 18.8 Å². The Labute approximate surface area is 139 Å². The second-order valence-corrected chi connectivity index (χ2v) is 5.25. The zero-order valence-electron chi connectivity index (χ0n) is 12.8. The maximum Gasteiger partial charge on any atom is 0.233 e. The summed E-state index contributed by atoms with van der Waals surface area (Å²) >= 11 is 6.02. The Morgan fingerprint density at radius 3 is 2.61 bits per heavy atom. The molecule has 23 heavy (non-hydrogen) atoms. The molecule has 0 atom stereocenters. The Kier molecular flexibility index (Phi) is 5.09. The summed E-state index contributed by atoms with van der Waals surface area (Å²) in [6.45, 7) is 5.38. The van der Waals surface area contributed by atoms with E-state index in [9.17, 15) is 0 Å². The van der Waals surface area contributed by atoms with Crippen molar-refractivity contribution in [2.75, 3.05) is 43.1 Å². The molecule has 0 amide bonds. The summed E-state index contributed by atoms with van der Waals surface area (Å²) in [6.07, 6.45) is 0. The molecule has 0 unspecified atom stereocenters. The van der Waals surface area contributed by atoms with Crippen molar-refractivity contribution in [3.05, 3.63) is 29.5 Å². The zero-order valence-corrected chi connectivity index (χ0v) is 13.6. The van der Waals surface area contributed by atoms with Crippen LogP contribution in [0.1, 0.15) is 6.92 Å². The molecule has 1 aromatic carbocycles. The molecule has 1 saturated heterocycles. The fraction of sp³-hybridized carbons (Fsp3) is 0.400. The lowest BCUT2D eigenvalue weighted by atomic mass is 10.3. The second-order valence-electron chi connectivity index (χ2n) is 4.91. The molecule has 7 nitrogen and oxygen atoms in total. The molecule has 1 fully saturated rings. The van der Waals surface area contributed by atoms with Crippen molar-refractivity contribution >= 4 is 29.2 Å². The van der Waals surface area contributed by atoms with Crippen LogP contribution in [0.3, 0.4) is 0 Å². The van der Waals surface area contributed by atoms with Crippen LogP contribution in [0, 0.1) is 0 Å². The number of aromatic nitrogens is 3. The van der Waals surface area contributed by atoms with Gasteiger partial charge >= 0.3 is 0 Å². The van der Waals surface area contributed by atoms with Gasteiger partial charge in [0.2, 0.25) is 17.2 Å². The van der Waals surface area contributed by atoms with Crippen molar-refractivity contribution < 1.29 is 9.47 Å². The van der Waals surface area contributed by atoms with E-state index >= 15 is 0 Å². The molecule has 8 heteroatoms. The Balaban J connectivity index is 1.75. The Morgan fingerprint density at radius 1 is 1.17 bits per heavy atom. The van der Waals surface area contributed by atoms with Crippen LogP contribution in [-0.4, -0.2) is 47.9 Å². The Morgan fingerprint density at radius 2 is 1.91 bits per heavy atom. The van der Waals surface area contributed by atoms with Gasteiger partial charge in [-0.2, -0.15) is 15.0 Å². The quantitative estimate of drug-likeness (QED) is 0.900. The molecule has 1 aliphatic heterocycles. The largest absolute Gasteiger partial charge is 0.494 e. The van der Waals surface area contributed by atoms with E-state index in [1.165, 1.54) is 0 Å². The maximum absolute atomic E-state index is 6.02. The van der Waals surface area contributed by atoms with Gasteiger partial charge in [-0.05, 0) is 42.8 Å². The van der Waals surface area contributed by atoms with Crippen LogP contribution in [0.15, 0.2) is 24.3 Å². The summed E-state index contributed by atoms with van der Waals surface area (Å²) < 4.78 is 10.8. The number of halogens is 1. The van der Waals surface area contributed by atoms with E-state index < -0.39 is 0 Å². The number of nitrogens with one attached hydrogen (secondary N) is 1. The Bertz CT molecular complexity index is 647. The molecule has 2 heterocycles. The minimum atomic E-state index is 0.162. The van der Waals surface area contributed by atoms with Crippen LogP contribution in [-0.2, 0) is 4.74 Å². The first kappa shape index (κ1) is 15.8. The topological polar surface area (TPSA) is 72.4 Å². The number of rotatable bonds is 5. The maximum atomic E-state index is 6.02. The molecule has 0 aliphatic carbocycles. The number of nitrogens with zero attached hydrogens (tertiary/aromatic N) is 4. The van der Waals surface area contributed by atoms with Crippen molar-refractivity contribution in [3.8, 4) is 5.75 Å². The highest BCUT2D eigenvalue weighted by atomic mass is 35.5. The molecular formula is C15H18ClN5O2. The summed E-state index contributed by atoms with van der Waals surface area (Å²) in [4.78, 5) is 14.8. The van der Waals surface area contributed by atoms with E-state index in [1.807, 2.05) is 36.1 Å². The molecule has 1 aliphatic rings. The number of hydrogen-bond donors (Lipinski definition) is 1. The first-order valence-electron chi connectivity index (χ1n) is 7.49. The van der Waals surface area contributed by atoms with Crippen molar-refractivity contribution in [3.63, 3.8) is 0 Å². The van der Waals surface area contributed by atoms with Crippen LogP contribution in [0.4, 0.5) is 17.6 Å². The second kappa shape index (κ2) is 7.43. The fourth-order valence-electron chi connectivity index (χ4n) is 2.23. The van der Waals surface area contributed by atoms with E-state index in [0.717, 1.165) is 24.5 Å². The predicted molar refractivity (Wildman–Crippen MR) is 88.8 cm³/mol. The predicted octanol–water partition coefficient (Wildman–Crippen LogP) is 2.50. The van der Waals surface area contributed by atoms with Crippen LogP contribution in [0.25, 0.3) is 0 Å².